The smallest absolute Gasteiger partial charge is 0.0810 e. The van der Waals surface area contributed by atoms with E-state index in [1.54, 1.807) is 4.90 Å². The summed E-state index contributed by atoms with van der Waals surface area (Å²) in [6.45, 7) is 2.38. The maximum atomic E-state index is 5.23. The Bertz CT molecular complexity index is 205. The zero-order valence-corrected chi connectivity index (χ0v) is 16.8. The first-order valence-corrected chi connectivity index (χ1v) is 9.69. The van der Waals surface area contributed by atoms with Gasteiger partial charge in [0.25, 0.3) is 0 Å². The first kappa shape index (κ1) is 22.4. The third kappa shape index (κ3) is 16.8. The normalized spacial score (nSPS) is 16.8. The Balaban J connectivity index is 0.00000441. The van der Waals surface area contributed by atoms with E-state index in [0.29, 0.717) is 6.10 Å². The molecule has 22 heavy (non-hydrogen) atoms. The lowest BCUT2D eigenvalue weighted by Gasteiger charge is -2.06. The maximum absolute atomic E-state index is 5.23. The molecule has 1 unspecified atom stereocenters. The van der Waals surface area contributed by atoms with E-state index in [1.807, 2.05) is 0 Å². The molecule has 1 N–H and O–H groups in total. The van der Waals surface area contributed by atoms with Crippen molar-refractivity contribution in [1.82, 2.24) is 0 Å². The Morgan fingerprint density at radius 2 is 1.05 bits per heavy atom. The average Bonchev–Trinajstić information content (AvgIpc) is 3.27. The maximum Gasteiger partial charge on any atom is 0.0810 e. The average molecular weight is 378 g/mol. The van der Waals surface area contributed by atoms with Gasteiger partial charge in [-0.2, -0.15) is 0 Å². The standard InChI is InChI=1S/C19H39NO.BrH/c1-20(2)17-15-13-11-9-7-5-3-4-6-8-10-12-14-16-19-18-21-19;/h19H,3-18H2,1-2H3;1H. The summed E-state index contributed by atoms with van der Waals surface area (Å²) in [5.41, 5.74) is 0. The van der Waals surface area contributed by atoms with E-state index in [9.17, 15) is 0 Å². The summed E-state index contributed by atoms with van der Waals surface area (Å²) < 4.78 is 5.23. The number of hydrogen-bond acceptors (Lipinski definition) is 1. The number of quaternary nitrogens is 1. The van der Waals surface area contributed by atoms with Crippen LogP contribution >= 0.6 is 0 Å². The molecule has 3 heteroatoms. The topological polar surface area (TPSA) is 17.0 Å². The lowest BCUT2D eigenvalue weighted by atomic mass is 10.0. The van der Waals surface area contributed by atoms with Gasteiger partial charge in [0, 0.05) is 0 Å². The second-order valence-corrected chi connectivity index (χ2v) is 7.30. The fraction of sp³-hybridized carbons (Fsp3) is 1.00. The van der Waals surface area contributed by atoms with E-state index in [-0.39, 0.29) is 17.0 Å². The second-order valence-electron chi connectivity index (χ2n) is 7.30. The van der Waals surface area contributed by atoms with Crippen LogP contribution in [0.4, 0.5) is 0 Å². The van der Waals surface area contributed by atoms with Gasteiger partial charge < -0.3 is 26.6 Å². The number of ether oxygens (including phenoxy) is 1. The van der Waals surface area contributed by atoms with Gasteiger partial charge in [-0.1, -0.05) is 70.6 Å². The molecule has 2 nitrogen and oxygen atoms in total. The predicted octanol–water partition coefficient (Wildman–Crippen LogP) is 0.995. The van der Waals surface area contributed by atoms with Crippen molar-refractivity contribution in [3.05, 3.63) is 0 Å². The van der Waals surface area contributed by atoms with Crippen LogP contribution in [0.25, 0.3) is 0 Å². The van der Waals surface area contributed by atoms with Gasteiger partial charge in [0.15, 0.2) is 0 Å². The van der Waals surface area contributed by atoms with Crippen LogP contribution < -0.4 is 21.9 Å². The summed E-state index contributed by atoms with van der Waals surface area (Å²) in [6, 6.07) is 0. The molecular weight excluding hydrogens is 338 g/mol. The number of nitrogens with one attached hydrogen (secondary N) is 1. The highest BCUT2D eigenvalue weighted by Crippen LogP contribution is 2.18. The molecule has 0 aromatic carbocycles. The van der Waals surface area contributed by atoms with Crippen LogP contribution in [0.15, 0.2) is 0 Å². The molecule has 1 atom stereocenters. The highest BCUT2D eigenvalue weighted by Gasteiger charge is 2.20. The monoisotopic (exact) mass is 377 g/mol. The van der Waals surface area contributed by atoms with Crippen LogP contribution in [0.2, 0.25) is 0 Å². The SMILES string of the molecule is C[NH+](C)CCCCCCCCCCCCCCCC1CO1.[Br-]. The van der Waals surface area contributed by atoms with Crippen LogP contribution in [-0.4, -0.2) is 33.4 Å². The zero-order valence-electron chi connectivity index (χ0n) is 15.2. The quantitative estimate of drug-likeness (QED) is 0.313. The van der Waals surface area contributed by atoms with Crippen LogP contribution in [0, 0.1) is 0 Å². The van der Waals surface area contributed by atoms with Crippen molar-refractivity contribution in [3.63, 3.8) is 0 Å². The minimum Gasteiger partial charge on any atom is -1.00 e. The molecule has 1 rings (SSSR count). The summed E-state index contributed by atoms with van der Waals surface area (Å²) in [5, 5.41) is 0. The third-order valence-electron chi connectivity index (χ3n) is 4.61. The number of rotatable bonds is 16. The number of epoxide rings is 1. The lowest BCUT2D eigenvalue weighted by molar-refractivity contribution is -0.858. The first-order chi connectivity index (χ1) is 10.3. The summed E-state index contributed by atoms with van der Waals surface area (Å²) in [7, 11) is 4.50. The van der Waals surface area contributed by atoms with Crippen molar-refractivity contribution in [2.75, 3.05) is 27.2 Å². The number of hydrogen-bond donors (Lipinski definition) is 1. The van der Waals surface area contributed by atoms with Crippen molar-refractivity contribution in [2.24, 2.45) is 0 Å². The molecule has 0 radical (unpaired) electrons. The molecule has 1 aliphatic heterocycles. The van der Waals surface area contributed by atoms with E-state index in [1.165, 1.54) is 96.4 Å². The molecule has 0 aliphatic carbocycles. The van der Waals surface area contributed by atoms with Crippen molar-refractivity contribution in [3.8, 4) is 0 Å². The van der Waals surface area contributed by atoms with Gasteiger partial charge in [-0.3, -0.25) is 0 Å². The predicted molar refractivity (Wildman–Crippen MR) is 92.1 cm³/mol. The van der Waals surface area contributed by atoms with E-state index in [4.69, 9.17) is 4.74 Å². The molecule has 1 aliphatic rings. The largest absolute Gasteiger partial charge is 1.00 e. The van der Waals surface area contributed by atoms with E-state index in [2.05, 4.69) is 14.1 Å². The van der Waals surface area contributed by atoms with Gasteiger partial charge in [0.05, 0.1) is 33.4 Å². The van der Waals surface area contributed by atoms with E-state index in [0.717, 1.165) is 6.61 Å². The Morgan fingerprint density at radius 1 is 0.682 bits per heavy atom. The summed E-state index contributed by atoms with van der Waals surface area (Å²) in [6.07, 6.45) is 20.8. The van der Waals surface area contributed by atoms with Gasteiger partial charge in [0.1, 0.15) is 0 Å². The fourth-order valence-corrected chi connectivity index (χ4v) is 3.03. The minimum absolute atomic E-state index is 0. The number of halogens is 1. The molecule has 134 valence electrons. The molecule has 1 fully saturated rings. The Kier molecular flexibility index (Phi) is 16.6. The molecular formula is C19H40BrNO. The zero-order chi connectivity index (χ0) is 15.2. The van der Waals surface area contributed by atoms with E-state index < -0.39 is 0 Å². The first-order valence-electron chi connectivity index (χ1n) is 9.69. The highest BCUT2D eigenvalue weighted by atomic mass is 79.9. The van der Waals surface area contributed by atoms with Gasteiger partial charge in [-0.15, -0.1) is 0 Å². The Hall–Kier alpha value is 0.400. The van der Waals surface area contributed by atoms with Crippen LogP contribution in [0.1, 0.15) is 89.9 Å². The molecule has 0 spiro atoms. The Labute approximate surface area is 150 Å². The minimum atomic E-state index is 0. The molecule has 0 amide bonds. The summed E-state index contributed by atoms with van der Waals surface area (Å²) >= 11 is 0. The van der Waals surface area contributed by atoms with Gasteiger partial charge in [-0.05, 0) is 19.3 Å². The summed E-state index contributed by atoms with van der Waals surface area (Å²) in [5.74, 6) is 0. The van der Waals surface area contributed by atoms with Gasteiger partial charge in [0.2, 0.25) is 0 Å². The summed E-state index contributed by atoms with van der Waals surface area (Å²) in [4.78, 5) is 1.59. The highest BCUT2D eigenvalue weighted by molar-refractivity contribution is 4.68. The molecule has 0 bridgehead atoms. The van der Waals surface area contributed by atoms with Crippen molar-refractivity contribution in [2.45, 2.75) is 96.0 Å². The molecule has 0 aromatic rings. The van der Waals surface area contributed by atoms with Crippen LogP contribution in [0.5, 0.6) is 0 Å². The molecule has 1 heterocycles. The number of unbranched alkanes of at least 4 members (excludes halogenated alkanes) is 12. The third-order valence-corrected chi connectivity index (χ3v) is 4.61. The fourth-order valence-electron chi connectivity index (χ4n) is 3.03. The van der Waals surface area contributed by atoms with Crippen LogP contribution in [0.3, 0.4) is 0 Å². The van der Waals surface area contributed by atoms with Crippen molar-refractivity contribution in [1.29, 1.82) is 0 Å². The molecule has 0 saturated carbocycles. The lowest BCUT2D eigenvalue weighted by Crippen LogP contribution is -3.05. The van der Waals surface area contributed by atoms with Crippen molar-refractivity contribution < 1.29 is 26.6 Å². The Morgan fingerprint density at radius 3 is 1.41 bits per heavy atom. The second kappa shape index (κ2) is 16.3. The molecule has 1 saturated heterocycles. The van der Waals surface area contributed by atoms with Gasteiger partial charge >= 0.3 is 0 Å². The van der Waals surface area contributed by atoms with Gasteiger partial charge in [-0.25, -0.2) is 0 Å². The van der Waals surface area contributed by atoms with E-state index >= 15 is 0 Å². The van der Waals surface area contributed by atoms with Crippen LogP contribution in [-0.2, 0) is 4.74 Å². The molecule has 0 aromatic heterocycles. The van der Waals surface area contributed by atoms with Crippen molar-refractivity contribution >= 4 is 0 Å².